The van der Waals surface area contributed by atoms with Crippen molar-refractivity contribution in [1.29, 1.82) is 0 Å². The largest absolute Gasteiger partial charge is 0.485 e. The Labute approximate surface area is 146 Å². The van der Waals surface area contributed by atoms with Gasteiger partial charge in [-0.2, -0.15) is 0 Å². The summed E-state index contributed by atoms with van der Waals surface area (Å²) in [7, 11) is 0. The standard InChI is InChI=1S/C19H21N3O3/c1-12-15(14-6-7-20-8-13(14)9-21-12)10-22-19(23)18-11-24-16-4-2-3-5-17(16)25-18/h2-5,9,18,20H,6-8,10-11H2,1H3,(H,22,23). The number of hydrogen-bond acceptors (Lipinski definition) is 5. The maximum atomic E-state index is 12.5. The molecule has 3 heterocycles. The molecule has 1 aromatic carbocycles. The molecule has 130 valence electrons. The Hall–Kier alpha value is -2.60. The SMILES string of the molecule is Cc1ncc2c(c1CNC(=O)C1COc3ccccc3O1)CCNC2. The van der Waals surface area contributed by atoms with Crippen LogP contribution in [-0.4, -0.2) is 30.1 Å². The number of aromatic nitrogens is 1. The van der Waals surface area contributed by atoms with Crippen molar-refractivity contribution in [1.82, 2.24) is 15.6 Å². The quantitative estimate of drug-likeness (QED) is 0.886. The molecule has 0 saturated heterocycles. The van der Waals surface area contributed by atoms with E-state index in [0.717, 1.165) is 30.8 Å². The minimum atomic E-state index is -0.635. The molecule has 0 aliphatic carbocycles. The smallest absolute Gasteiger partial charge is 0.264 e. The third kappa shape index (κ3) is 3.17. The van der Waals surface area contributed by atoms with Gasteiger partial charge in [0.05, 0.1) is 0 Å². The zero-order valence-corrected chi connectivity index (χ0v) is 14.2. The Balaban J connectivity index is 1.45. The molecule has 0 bridgehead atoms. The second-order valence-electron chi connectivity index (χ2n) is 6.33. The van der Waals surface area contributed by atoms with Crippen molar-refractivity contribution in [2.24, 2.45) is 0 Å². The number of nitrogens with zero attached hydrogens (tertiary/aromatic N) is 1. The van der Waals surface area contributed by atoms with E-state index < -0.39 is 6.10 Å². The number of ether oxygens (including phenoxy) is 2. The number of aryl methyl sites for hydroxylation is 1. The number of pyridine rings is 1. The van der Waals surface area contributed by atoms with Crippen LogP contribution in [0, 0.1) is 6.92 Å². The van der Waals surface area contributed by atoms with Gasteiger partial charge in [0.25, 0.3) is 5.91 Å². The molecule has 25 heavy (non-hydrogen) atoms. The highest BCUT2D eigenvalue weighted by molar-refractivity contribution is 5.81. The van der Waals surface area contributed by atoms with E-state index in [4.69, 9.17) is 9.47 Å². The molecule has 1 amide bonds. The number of rotatable bonds is 3. The first kappa shape index (κ1) is 15.9. The Bertz CT molecular complexity index is 806. The summed E-state index contributed by atoms with van der Waals surface area (Å²) in [5.41, 5.74) is 4.60. The maximum Gasteiger partial charge on any atom is 0.264 e. The number of fused-ring (bicyclic) bond motifs is 2. The lowest BCUT2D eigenvalue weighted by molar-refractivity contribution is -0.130. The van der Waals surface area contributed by atoms with Gasteiger partial charge in [-0.25, -0.2) is 0 Å². The number of benzene rings is 1. The van der Waals surface area contributed by atoms with E-state index in [1.165, 1.54) is 11.1 Å². The van der Waals surface area contributed by atoms with Gasteiger partial charge >= 0.3 is 0 Å². The van der Waals surface area contributed by atoms with Gasteiger partial charge in [0.1, 0.15) is 6.61 Å². The summed E-state index contributed by atoms with van der Waals surface area (Å²) >= 11 is 0. The molecule has 1 unspecified atom stereocenters. The van der Waals surface area contributed by atoms with Crippen molar-refractivity contribution in [2.45, 2.75) is 32.5 Å². The van der Waals surface area contributed by atoms with E-state index >= 15 is 0 Å². The number of hydrogen-bond donors (Lipinski definition) is 2. The fourth-order valence-corrected chi connectivity index (χ4v) is 3.32. The topological polar surface area (TPSA) is 72.5 Å². The predicted molar refractivity (Wildman–Crippen MR) is 92.6 cm³/mol. The van der Waals surface area contributed by atoms with Crippen LogP contribution in [0.3, 0.4) is 0 Å². The van der Waals surface area contributed by atoms with Gasteiger partial charge < -0.3 is 20.1 Å². The monoisotopic (exact) mass is 339 g/mol. The first-order valence-electron chi connectivity index (χ1n) is 8.55. The number of para-hydroxylation sites is 2. The molecule has 6 heteroatoms. The Morgan fingerprint density at radius 3 is 3.08 bits per heavy atom. The Kier molecular flexibility index (Phi) is 4.28. The molecule has 0 spiro atoms. The molecule has 1 aromatic heterocycles. The molecule has 2 aromatic rings. The highest BCUT2D eigenvalue weighted by atomic mass is 16.6. The number of nitrogens with one attached hydrogen (secondary N) is 2. The van der Waals surface area contributed by atoms with E-state index in [9.17, 15) is 4.79 Å². The molecule has 2 aliphatic heterocycles. The third-order valence-electron chi connectivity index (χ3n) is 4.71. The molecule has 4 rings (SSSR count). The fourth-order valence-electron chi connectivity index (χ4n) is 3.32. The van der Waals surface area contributed by atoms with Crippen LogP contribution < -0.4 is 20.1 Å². The van der Waals surface area contributed by atoms with Crippen LogP contribution in [0.2, 0.25) is 0 Å². The van der Waals surface area contributed by atoms with Gasteiger partial charge in [0.2, 0.25) is 6.10 Å². The fraction of sp³-hybridized carbons (Fsp3) is 0.368. The average Bonchev–Trinajstić information content (AvgIpc) is 2.66. The van der Waals surface area contributed by atoms with Gasteiger partial charge in [-0.1, -0.05) is 12.1 Å². The summed E-state index contributed by atoms with van der Waals surface area (Å²) in [5, 5.41) is 6.34. The molecule has 1 atom stereocenters. The molecule has 6 nitrogen and oxygen atoms in total. The van der Waals surface area contributed by atoms with Crippen molar-refractivity contribution in [3.63, 3.8) is 0 Å². The molecular weight excluding hydrogens is 318 g/mol. The second-order valence-corrected chi connectivity index (χ2v) is 6.33. The molecule has 0 saturated carbocycles. The van der Waals surface area contributed by atoms with Gasteiger partial charge in [-0.3, -0.25) is 9.78 Å². The number of carbonyl (C=O) groups is 1. The van der Waals surface area contributed by atoms with Gasteiger partial charge in [0, 0.05) is 25.0 Å². The van der Waals surface area contributed by atoms with Crippen molar-refractivity contribution >= 4 is 5.91 Å². The van der Waals surface area contributed by atoms with E-state index in [2.05, 4.69) is 15.6 Å². The zero-order valence-electron chi connectivity index (χ0n) is 14.2. The minimum Gasteiger partial charge on any atom is -0.485 e. The first-order chi connectivity index (χ1) is 12.2. The van der Waals surface area contributed by atoms with Crippen LogP contribution in [0.15, 0.2) is 30.5 Å². The summed E-state index contributed by atoms with van der Waals surface area (Å²) in [6.07, 6.45) is 2.25. The highest BCUT2D eigenvalue weighted by Crippen LogP contribution is 2.31. The lowest BCUT2D eigenvalue weighted by Gasteiger charge is -2.26. The average molecular weight is 339 g/mol. The molecule has 2 aliphatic rings. The molecule has 0 fully saturated rings. The molecule has 0 radical (unpaired) electrons. The lowest BCUT2D eigenvalue weighted by atomic mass is 9.96. The van der Waals surface area contributed by atoms with Crippen LogP contribution in [0.25, 0.3) is 0 Å². The predicted octanol–water partition coefficient (Wildman–Crippen LogP) is 1.49. The molecular formula is C19H21N3O3. The third-order valence-corrected chi connectivity index (χ3v) is 4.71. The summed E-state index contributed by atoms with van der Waals surface area (Å²) < 4.78 is 11.4. The lowest BCUT2D eigenvalue weighted by Crippen LogP contribution is -2.44. The number of amides is 1. The minimum absolute atomic E-state index is 0.166. The second kappa shape index (κ2) is 6.72. The van der Waals surface area contributed by atoms with E-state index in [-0.39, 0.29) is 12.5 Å². The number of carbonyl (C=O) groups excluding carboxylic acids is 1. The van der Waals surface area contributed by atoms with Crippen LogP contribution >= 0.6 is 0 Å². The van der Waals surface area contributed by atoms with Crippen LogP contribution in [0.5, 0.6) is 11.5 Å². The van der Waals surface area contributed by atoms with E-state index in [1.54, 1.807) is 0 Å². The van der Waals surface area contributed by atoms with Crippen molar-refractivity contribution in [2.75, 3.05) is 13.2 Å². The van der Waals surface area contributed by atoms with Crippen LogP contribution in [0.1, 0.15) is 22.4 Å². The Morgan fingerprint density at radius 1 is 1.36 bits per heavy atom. The van der Waals surface area contributed by atoms with Crippen LogP contribution in [-0.2, 0) is 24.3 Å². The summed E-state index contributed by atoms with van der Waals surface area (Å²) in [6.45, 7) is 4.45. The van der Waals surface area contributed by atoms with Crippen molar-refractivity contribution in [3.05, 3.63) is 52.8 Å². The summed E-state index contributed by atoms with van der Waals surface area (Å²) in [6, 6.07) is 7.39. The van der Waals surface area contributed by atoms with Crippen LogP contribution in [0.4, 0.5) is 0 Å². The molecule has 2 N–H and O–H groups in total. The van der Waals surface area contributed by atoms with Crippen molar-refractivity contribution in [3.8, 4) is 11.5 Å². The normalized spacial score (nSPS) is 18.4. The Morgan fingerprint density at radius 2 is 2.20 bits per heavy atom. The maximum absolute atomic E-state index is 12.5. The highest BCUT2D eigenvalue weighted by Gasteiger charge is 2.27. The first-order valence-corrected chi connectivity index (χ1v) is 8.55. The van der Waals surface area contributed by atoms with Gasteiger partial charge in [-0.15, -0.1) is 0 Å². The van der Waals surface area contributed by atoms with E-state index in [0.29, 0.717) is 18.0 Å². The van der Waals surface area contributed by atoms with Gasteiger partial charge in [0.15, 0.2) is 11.5 Å². The van der Waals surface area contributed by atoms with Gasteiger partial charge in [-0.05, 0) is 48.7 Å². The summed E-state index contributed by atoms with van der Waals surface area (Å²) in [4.78, 5) is 17.0. The zero-order chi connectivity index (χ0) is 17.2. The van der Waals surface area contributed by atoms with E-state index in [1.807, 2.05) is 37.4 Å². The van der Waals surface area contributed by atoms with Crippen molar-refractivity contribution < 1.29 is 14.3 Å². The summed E-state index contributed by atoms with van der Waals surface area (Å²) in [5.74, 6) is 1.12.